The summed E-state index contributed by atoms with van der Waals surface area (Å²) in [5.41, 5.74) is 5.92. The summed E-state index contributed by atoms with van der Waals surface area (Å²) >= 11 is 0. The van der Waals surface area contributed by atoms with Crippen LogP contribution in [0, 0.1) is 0 Å². The molecule has 0 radical (unpaired) electrons. The van der Waals surface area contributed by atoms with Crippen LogP contribution in [-0.4, -0.2) is 32.3 Å². The molecule has 0 saturated carbocycles. The third-order valence-electron chi connectivity index (χ3n) is 2.87. The molecule has 4 nitrogen and oxygen atoms in total. The second-order valence-electron chi connectivity index (χ2n) is 4.50. The van der Waals surface area contributed by atoms with E-state index in [1.54, 1.807) is 24.3 Å². The molecule has 0 aliphatic rings. The van der Waals surface area contributed by atoms with Crippen molar-refractivity contribution in [2.45, 2.75) is 25.4 Å². The Labute approximate surface area is 121 Å². The average molecular weight is 304 g/mol. The third kappa shape index (κ3) is 6.03. The summed E-state index contributed by atoms with van der Waals surface area (Å²) in [6.07, 6.45) is -5.54. The molecule has 0 unspecified atom stereocenters. The zero-order valence-corrected chi connectivity index (χ0v) is 11.8. The van der Waals surface area contributed by atoms with Gasteiger partial charge in [0.15, 0.2) is 0 Å². The summed E-state index contributed by atoms with van der Waals surface area (Å²) in [6.45, 7) is 0.632. The van der Waals surface area contributed by atoms with Gasteiger partial charge in [-0.25, -0.2) is 0 Å². The first-order chi connectivity index (χ1) is 9.87. The van der Waals surface area contributed by atoms with Gasteiger partial charge in [-0.3, -0.25) is 4.79 Å². The van der Waals surface area contributed by atoms with E-state index in [1.165, 1.54) is 12.0 Å². The van der Waals surface area contributed by atoms with Crippen molar-refractivity contribution in [3.63, 3.8) is 0 Å². The number of benzene rings is 1. The van der Waals surface area contributed by atoms with E-state index >= 15 is 0 Å². The van der Waals surface area contributed by atoms with Gasteiger partial charge < -0.3 is 15.4 Å². The van der Waals surface area contributed by atoms with Crippen LogP contribution in [0.25, 0.3) is 0 Å². The Kier molecular flexibility index (Phi) is 6.48. The van der Waals surface area contributed by atoms with Crippen molar-refractivity contribution >= 4 is 11.6 Å². The lowest BCUT2D eigenvalue weighted by atomic mass is 10.2. The van der Waals surface area contributed by atoms with Crippen molar-refractivity contribution in [3.8, 4) is 5.75 Å². The topological polar surface area (TPSA) is 55.6 Å². The summed E-state index contributed by atoms with van der Waals surface area (Å²) in [5, 5.41) is 0. The largest absolute Gasteiger partial charge is 0.497 e. The molecule has 0 saturated heterocycles. The van der Waals surface area contributed by atoms with E-state index in [4.69, 9.17) is 10.5 Å². The molecule has 118 valence electrons. The number of alkyl halides is 3. The number of ether oxygens (including phenoxy) is 1. The second kappa shape index (κ2) is 7.87. The maximum absolute atomic E-state index is 12.2. The highest BCUT2D eigenvalue weighted by Gasteiger charge is 2.29. The number of halogens is 3. The summed E-state index contributed by atoms with van der Waals surface area (Å²) in [6, 6.07) is 6.65. The number of carbonyl (C=O) groups excluding carboxylic acids is 1. The molecule has 7 heteroatoms. The standard InChI is InChI=1S/C14H19F3N2O2/c1-21-12-5-2-4-11(10-12)19(9-3-8-18)13(20)6-7-14(15,16)17/h2,4-5,10H,3,6-9,18H2,1H3. The minimum atomic E-state index is -4.34. The first-order valence-electron chi connectivity index (χ1n) is 6.58. The van der Waals surface area contributed by atoms with Gasteiger partial charge in [-0.05, 0) is 25.1 Å². The van der Waals surface area contributed by atoms with Crippen LogP contribution in [0.2, 0.25) is 0 Å². The van der Waals surface area contributed by atoms with Crippen molar-refractivity contribution < 1.29 is 22.7 Å². The first-order valence-corrected chi connectivity index (χ1v) is 6.58. The second-order valence-corrected chi connectivity index (χ2v) is 4.50. The molecule has 0 heterocycles. The summed E-state index contributed by atoms with van der Waals surface area (Å²) in [5.74, 6) is -0.0390. The number of nitrogens with two attached hydrogens (primary N) is 1. The molecule has 1 rings (SSSR count). The van der Waals surface area contributed by atoms with E-state index < -0.39 is 24.9 Å². The summed E-state index contributed by atoms with van der Waals surface area (Å²) < 4.78 is 41.8. The predicted molar refractivity (Wildman–Crippen MR) is 74.3 cm³/mol. The Morgan fingerprint density at radius 2 is 2.10 bits per heavy atom. The maximum atomic E-state index is 12.2. The van der Waals surface area contributed by atoms with E-state index in [0.29, 0.717) is 24.4 Å². The van der Waals surface area contributed by atoms with E-state index in [0.717, 1.165) is 0 Å². The molecule has 21 heavy (non-hydrogen) atoms. The zero-order valence-electron chi connectivity index (χ0n) is 11.8. The van der Waals surface area contributed by atoms with Gasteiger partial charge in [-0.15, -0.1) is 0 Å². The number of amides is 1. The maximum Gasteiger partial charge on any atom is 0.389 e. The number of rotatable bonds is 7. The molecule has 0 aliphatic carbocycles. The highest BCUT2D eigenvalue weighted by Crippen LogP contribution is 2.25. The third-order valence-corrected chi connectivity index (χ3v) is 2.87. The molecule has 0 bridgehead atoms. The van der Waals surface area contributed by atoms with Crippen LogP contribution >= 0.6 is 0 Å². The SMILES string of the molecule is COc1cccc(N(CCCN)C(=O)CCC(F)(F)F)c1. The van der Waals surface area contributed by atoms with Crippen molar-refractivity contribution in [1.29, 1.82) is 0 Å². The lowest BCUT2D eigenvalue weighted by Gasteiger charge is -2.23. The van der Waals surface area contributed by atoms with Gasteiger partial charge in [0.25, 0.3) is 0 Å². The Morgan fingerprint density at radius 1 is 1.38 bits per heavy atom. The predicted octanol–water partition coefficient (Wildman–Crippen LogP) is 2.72. The van der Waals surface area contributed by atoms with E-state index in [2.05, 4.69) is 0 Å². The van der Waals surface area contributed by atoms with E-state index in [1.807, 2.05) is 0 Å². The fourth-order valence-corrected chi connectivity index (χ4v) is 1.81. The highest BCUT2D eigenvalue weighted by atomic mass is 19.4. The molecule has 0 spiro atoms. The number of methoxy groups -OCH3 is 1. The minimum Gasteiger partial charge on any atom is -0.497 e. The van der Waals surface area contributed by atoms with Crippen molar-refractivity contribution in [2.75, 3.05) is 25.1 Å². The van der Waals surface area contributed by atoms with E-state index in [9.17, 15) is 18.0 Å². The molecular weight excluding hydrogens is 285 g/mol. The fraction of sp³-hybridized carbons (Fsp3) is 0.500. The van der Waals surface area contributed by atoms with Gasteiger partial charge in [0, 0.05) is 24.7 Å². The monoisotopic (exact) mass is 304 g/mol. The van der Waals surface area contributed by atoms with Crippen molar-refractivity contribution in [3.05, 3.63) is 24.3 Å². The smallest absolute Gasteiger partial charge is 0.389 e. The molecule has 0 fully saturated rings. The number of hydrogen-bond donors (Lipinski definition) is 1. The zero-order chi connectivity index (χ0) is 15.9. The Hall–Kier alpha value is -1.76. The number of hydrogen-bond acceptors (Lipinski definition) is 3. The van der Waals surface area contributed by atoms with Gasteiger partial charge in [0.05, 0.1) is 13.5 Å². The van der Waals surface area contributed by atoms with E-state index in [-0.39, 0.29) is 6.54 Å². The minimum absolute atomic E-state index is 0.278. The van der Waals surface area contributed by atoms with Crippen LogP contribution < -0.4 is 15.4 Å². The molecule has 1 aromatic rings. The molecule has 1 aromatic carbocycles. The Morgan fingerprint density at radius 3 is 2.67 bits per heavy atom. The molecular formula is C14H19F3N2O2. The average Bonchev–Trinajstić information content (AvgIpc) is 2.45. The quantitative estimate of drug-likeness (QED) is 0.842. The number of carbonyl (C=O) groups is 1. The lowest BCUT2D eigenvalue weighted by Crippen LogP contribution is -2.33. The summed E-state index contributed by atoms with van der Waals surface area (Å²) in [7, 11) is 1.48. The van der Waals surface area contributed by atoms with Crippen LogP contribution in [0.5, 0.6) is 5.75 Å². The van der Waals surface area contributed by atoms with Gasteiger partial charge in [-0.1, -0.05) is 6.07 Å². The van der Waals surface area contributed by atoms with Crippen LogP contribution in [-0.2, 0) is 4.79 Å². The van der Waals surface area contributed by atoms with Gasteiger partial charge in [0.2, 0.25) is 5.91 Å². The normalized spacial score (nSPS) is 11.3. The molecule has 1 amide bonds. The lowest BCUT2D eigenvalue weighted by molar-refractivity contribution is -0.143. The van der Waals surface area contributed by atoms with Crippen LogP contribution in [0.1, 0.15) is 19.3 Å². The fourth-order valence-electron chi connectivity index (χ4n) is 1.81. The Balaban J connectivity index is 2.85. The highest BCUT2D eigenvalue weighted by molar-refractivity contribution is 5.93. The van der Waals surface area contributed by atoms with Gasteiger partial charge in [0.1, 0.15) is 5.75 Å². The molecule has 2 N–H and O–H groups in total. The van der Waals surface area contributed by atoms with Crippen molar-refractivity contribution in [1.82, 2.24) is 0 Å². The molecule has 0 atom stereocenters. The van der Waals surface area contributed by atoms with Crippen LogP contribution in [0.4, 0.5) is 18.9 Å². The first kappa shape index (κ1) is 17.3. The number of nitrogens with zero attached hydrogens (tertiary/aromatic N) is 1. The van der Waals surface area contributed by atoms with Gasteiger partial charge in [-0.2, -0.15) is 13.2 Å². The van der Waals surface area contributed by atoms with Crippen LogP contribution in [0.3, 0.4) is 0 Å². The van der Waals surface area contributed by atoms with Crippen LogP contribution in [0.15, 0.2) is 24.3 Å². The van der Waals surface area contributed by atoms with Gasteiger partial charge >= 0.3 is 6.18 Å². The molecule has 0 aromatic heterocycles. The molecule has 0 aliphatic heterocycles. The number of anilines is 1. The van der Waals surface area contributed by atoms with Crippen molar-refractivity contribution in [2.24, 2.45) is 5.73 Å². The Bertz CT molecular complexity index is 464. The summed E-state index contributed by atoms with van der Waals surface area (Å²) in [4.78, 5) is 13.4.